The first-order valence-corrected chi connectivity index (χ1v) is 7.90. The van der Waals surface area contributed by atoms with Crippen molar-refractivity contribution in [1.29, 1.82) is 0 Å². The summed E-state index contributed by atoms with van der Waals surface area (Å²) in [6.45, 7) is 3.29. The number of carboxylic acid groups (broad SMARTS) is 1. The van der Waals surface area contributed by atoms with Crippen molar-refractivity contribution in [1.82, 2.24) is 4.90 Å². The van der Waals surface area contributed by atoms with Gasteiger partial charge in [-0.3, -0.25) is 9.69 Å². The number of aliphatic carboxylic acids is 1. The number of hydrogen-bond acceptors (Lipinski definition) is 4. The lowest BCUT2D eigenvalue weighted by Gasteiger charge is -2.35. The molecule has 2 aromatic rings. The van der Waals surface area contributed by atoms with Crippen molar-refractivity contribution in [2.45, 2.75) is 32.4 Å². The Balaban J connectivity index is 1.63. The Morgan fingerprint density at radius 3 is 2.78 bits per heavy atom. The second-order valence-corrected chi connectivity index (χ2v) is 6.03. The van der Waals surface area contributed by atoms with Gasteiger partial charge in [-0.05, 0) is 38.0 Å². The molecule has 122 valence electrons. The number of carboxylic acids is 1. The summed E-state index contributed by atoms with van der Waals surface area (Å²) in [4.78, 5) is 13.4. The van der Waals surface area contributed by atoms with Crippen molar-refractivity contribution < 1.29 is 19.1 Å². The maximum atomic E-state index is 11.2. The lowest BCUT2D eigenvalue weighted by atomic mass is 9.93. The molecular weight excluding hydrogens is 294 g/mol. The number of ether oxygens (including phenoxy) is 1. The Bertz CT molecular complexity index is 652. The number of nitrogens with zero attached hydrogens (tertiary/aromatic N) is 1. The van der Waals surface area contributed by atoms with E-state index in [0.717, 1.165) is 24.4 Å². The number of benzene rings is 1. The fraction of sp³-hybridized carbons (Fsp3) is 0.389. The molecule has 0 saturated carbocycles. The third-order valence-electron chi connectivity index (χ3n) is 4.32. The van der Waals surface area contributed by atoms with E-state index in [1.165, 1.54) is 0 Å². The summed E-state index contributed by atoms with van der Waals surface area (Å²) in [6.07, 6.45) is 1.64. The predicted molar refractivity (Wildman–Crippen MR) is 85.5 cm³/mol. The van der Waals surface area contributed by atoms with Gasteiger partial charge in [0.15, 0.2) is 0 Å². The summed E-state index contributed by atoms with van der Waals surface area (Å²) < 4.78 is 11.4. The van der Waals surface area contributed by atoms with E-state index in [9.17, 15) is 9.90 Å². The summed E-state index contributed by atoms with van der Waals surface area (Å²) in [7, 11) is 0. The molecule has 0 amide bonds. The number of hydrogen-bond donors (Lipinski definition) is 1. The minimum absolute atomic E-state index is 0.291. The highest BCUT2D eigenvalue weighted by atomic mass is 16.6. The summed E-state index contributed by atoms with van der Waals surface area (Å²) in [5.41, 5.74) is 0. The van der Waals surface area contributed by atoms with Gasteiger partial charge in [0.1, 0.15) is 11.5 Å². The summed E-state index contributed by atoms with van der Waals surface area (Å²) >= 11 is 0. The molecule has 0 spiro atoms. The van der Waals surface area contributed by atoms with Crippen LogP contribution in [0.1, 0.15) is 25.5 Å². The molecule has 0 bridgehead atoms. The van der Waals surface area contributed by atoms with Gasteiger partial charge in [-0.15, -0.1) is 0 Å². The molecule has 1 aromatic heterocycles. The zero-order valence-corrected chi connectivity index (χ0v) is 13.1. The third-order valence-corrected chi connectivity index (χ3v) is 4.32. The molecule has 0 radical (unpaired) electrons. The Morgan fingerprint density at radius 2 is 2.04 bits per heavy atom. The van der Waals surface area contributed by atoms with Crippen molar-refractivity contribution in [3.63, 3.8) is 0 Å². The van der Waals surface area contributed by atoms with Crippen molar-refractivity contribution in [2.24, 2.45) is 5.92 Å². The van der Waals surface area contributed by atoms with Crippen LogP contribution in [0.15, 0.2) is 46.9 Å². The van der Waals surface area contributed by atoms with E-state index in [1.807, 2.05) is 36.4 Å². The monoisotopic (exact) mass is 315 g/mol. The first kappa shape index (κ1) is 15.6. The van der Waals surface area contributed by atoms with Crippen LogP contribution in [0, 0.1) is 5.92 Å². The number of furan rings is 1. The van der Waals surface area contributed by atoms with Crippen LogP contribution >= 0.6 is 0 Å². The minimum atomic E-state index is -0.713. The second-order valence-electron chi connectivity index (χ2n) is 6.03. The number of likely N-dealkylation sites (tertiary alicyclic amines) is 1. The van der Waals surface area contributed by atoms with Gasteiger partial charge in [0.2, 0.25) is 0 Å². The smallest absolute Gasteiger partial charge is 0.307 e. The summed E-state index contributed by atoms with van der Waals surface area (Å²) in [5.74, 6) is 0.959. The van der Waals surface area contributed by atoms with E-state index in [-0.39, 0.29) is 5.92 Å². The van der Waals surface area contributed by atoms with E-state index in [4.69, 9.17) is 9.15 Å². The van der Waals surface area contributed by atoms with Crippen LogP contribution in [0.5, 0.6) is 11.7 Å². The van der Waals surface area contributed by atoms with Gasteiger partial charge in [-0.2, -0.15) is 0 Å². The molecule has 5 heteroatoms. The van der Waals surface area contributed by atoms with E-state index in [1.54, 1.807) is 6.07 Å². The molecule has 0 aliphatic carbocycles. The number of rotatable bonds is 5. The topological polar surface area (TPSA) is 62.9 Å². The Kier molecular flexibility index (Phi) is 4.67. The highest BCUT2D eigenvalue weighted by Gasteiger charge is 2.30. The van der Waals surface area contributed by atoms with Gasteiger partial charge >= 0.3 is 5.97 Å². The van der Waals surface area contributed by atoms with E-state index in [2.05, 4.69) is 11.8 Å². The van der Waals surface area contributed by atoms with Gasteiger partial charge in [-0.25, -0.2) is 0 Å². The van der Waals surface area contributed by atoms with Crippen LogP contribution in [0.25, 0.3) is 0 Å². The first-order chi connectivity index (χ1) is 11.1. The Morgan fingerprint density at radius 1 is 1.26 bits per heavy atom. The maximum absolute atomic E-state index is 11.2. The van der Waals surface area contributed by atoms with E-state index in [0.29, 0.717) is 25.1 Å². The molecule has 2 atom stereocenters. The molecule has 23 heavy (non-hydrogen) atoms. The fourth-order valence-electron chi connectivity index (χ4n) is 2.90. The Labute approximate surface area is 135 Å². The summed E-state index contributed by atoms with van der Waals surface area (Å²) in [6, 6.07) is 13.5. The second kappa shape index (κ2) is 6.87. The average Bonchev–Trinajstić information content (AvgIpc) is 2.97. The van der Waals surface area contributed by atoms with Crippen molar-refractivity contribution in [2.75, 3.05) is 6.54 Å². The van der Waals surface area contributed by atoms with Gasteiger partial charge < -0.3 is 14.3 Å². The molecule has 1 fully saturated rings. The fourth-order valence-corrected chi connectivity index (χ4v) is 2.90. The van der Waals surface area contributed by atoms with Crippen LogP contribution in [-0.2, 0) is 11.3 Å². The van der Waals surface area contributed by atoms with Crippen molar-refractivity contribution in [3.05, 3.63) is 48.2 Å². The lowest BCUT2D eigenvalue weighted by molar-refractivity contribution is -0.144. The highest BCUT2D eigenvalue weighted by Crippen LogP contribution is 2.27. The zero-order valence-electron chi connectivity index (χ0n) is 13.1. The van der Waals surface area contributed by atoms with Crippen molar-refractivity contribution in [3.8, 4) is 11.7 Å². The van der Waals surface area contributed by atoms with E-state index < -0.39 is 5.97 Å². The van der Waals surface area contributed by atoms with E-state index >= 15 is 0 Å². The standard InChI is InChI=1S/C18H21NO4/c1-13-7-8-14(18(20)21)11-19(13)12-16-9-10-17(23-16)22-15-5-3-2-4-6-15/h2-6,9-10,13-14H,7-8,11-12H2,1H3,(H,20,21). The molecule has 1 aliphatic heterocycles. The first-order valence-electron chi connectivity index (χ1n) is 7.90. The zero-order chi connectivity index (χ0) is 16.2. The number of carbonyl (C=O) groups is 1. The Hall–Kier alpha value is -2.27. The van der Waals surface area contributed by atoms with Crippen LogP contribution in [0.2, 0.25) is 0 Å². The molecule has 1 aliphatic rings. The molecule has 5 nitrogen and oxygen atoms in total. The van der Waals surface area contributed by atoms with Crippen LogP contribution in [-0.4, -0.2) is 28.6 Å². The number of para-hydroxylation sites is 1. The van der Waals surface area contributed by atoms with Crippen LogP contribution in [0.3, 0.4) is 0 Å². The predicted octanol–water partition coefficient (Wildman–Crippen LogP) is 3.76. The third kappa shape index (κ3) is 3.93. The average molecular weight is 315 g/mol. The molecule has 1 saturated heterocycles. The minimum Gasteiger partial charge on any atom is -0.481 e. The SMILES string of the molecule is CC1CCC(C(=O)O)CN1Cc1ccc(Oc2ccccc2)o1. The lowest BCUT2D eigenvalue weighted by Crippen LogP contribution is -2.43. The van der Waals surface area contributed by atoms with Gasteiger partial charge in [-0.1, -0.05) is 18.2 Å². The summed E-state index contributed by atoms with van der Waals surface area (Å²) in [5, 5.41) is 9.21. The molecule has 2 unspecified atom stereocenters. The normalized spacial score (nSPS) is 22.0. The highest BCUT2D eigenvalue weighted by molar-refractivity contribution is 5.70. The van der Waals surface area contributed by atoms with Crippen LogP contribution < -0.4 is 4.74 Å². The quantitative estimate of drug-likeness (QED) is 0.910. The van der Waals surface area contributed by atoms with Gasteiger partial charge in [0.25, 0.3) is 5.95 Å². The largest absolute Gasteiger partial charge is 0.481 e. The molecular formula is C18H21NO4. The molecule has 1 aromatic carbocycles. The molecule has 2 heterocycles. The molecule has 1 N–H and O–H groups in total. The maximum Gasteiger partial charge on any atom is 0.307 e. The number of piperidine rings is 1. The molecule has 3 rings (SSSR count). The van der Waals surface area contributed by atoms with Crippen LogP contribution in [0.4, 0.5) is 0 Å². The van der Waals surface area contributed by atoms with Crippen molar-refractivity contribution >= 4 is 5.97 Å². The van der Waals surface area contributed by atoms with Gasteiger partial charge in [0, 0.05) is 18.7 Å². The van der Waals surface area contributed by atoms with Gasteiger partial charge in [0.05, 0.1) is 12.5 Å².